The van der Waals surface area contributed by atoms with E-state index in [4.69, 9.17) is 15.1 Å². The average molecular weight is 267 g/mol. The molecule has 17 heavy (non-hydrogen) atoms. The highest BCUT2D eigenvalue weighted by atomic mass is 35.7. The Labute approximate surface area is 102 Å². The van der Waals surface area contributed by atoms with E-state index in [0.717, 1.165) is 16.4 Å². The van der Waals surface area contributed by atoms with Crippen LogP contribution in [0.1, 0.15) is 0 Å². The zero-order chi connectivity index (χ0) is 12.0. The molecule has 0 aliphatic carbocycles. The van der Waals surface area contributed by atoms with E-state index in [0.29, 0.717) is 5.58 Å². The van der Waals surface area contributed by atoms with Gasteiger partial charge >= 0.3 is 0 Å². The summed E-state index contributed by atoms with van der Waals surface area (Å²) in [7, 11) is 1.61. The maximum absolute atomic E-state index is 11.3. The van der Waals surface area contributed by atoms with Crippen LogP contribution in [0.2, 0.25) is 0 Å². The zero-order valence-corrected chi connectivity index (χ0v) is 10.1. The summed E-state index contributed by atoms with van der Waals surface area (Å²) in [6.45, 7) is 0. The molecule has 3 aromatic rings. The van der Waals surface area contributed by atoms with Crippen LogP contribution in [0.5, 0.6) is 0 Å². The van der Waals surface area contributed by atoms with Crippen molar-refractivity contribution in [3.63, 3.8) is 0 Å². The molecule has 5 heteroatoms. The highest BCUT2D eigenvalue weighted by Gasteiger charge is 2.13. The topological polar surface area (TPSA) is 47.3 Å². The van der Waals surface area contributed by atoms with Crippen molar-refractivity contribution in [1.29, 1.82) is 0 Å². The fourth-order valence-corrected chi connectivity index (χ4v) is 2.63. The maximum atomic E-state index is 11.3. The van der Waals surface area contributed by atoms with Gasteiger partial charge in [0.05, 0.1) is 4.90 Å². The first kappa shape index (κ1) is 10.6. The molecule has 0 unspecified atom stereocenters. The minimum atomic E-state index is -3.71. The van der Waals surface area contributed by atoms with E-state index in [1.807, 2.05) is 24.3 Å². The molecule has 0 N–H and O–H groups in total. The number of para-hydroxylation sites is 1. The van der Waals surface area contributed by atoms with Crippen LogP contribution in [-0.2, 0) is 9.05 Å². The molecule has 0 aliphatic rings. The Hall–Kier alpha value is -1.52. The third-order valence-corrected chi connectivity index (χ3v) is 3.98. The van der Waals surface area contributed by atoms with E-state index in [1.54, 1.807) is 6.07 Å². The number of furan rings is 1. The standard InChI is InChI=1S/C12H7ClO3S/c13-17(14,15)8-5-6-12-10(7-8)9-3-1-2-4-11(9)16-12/h1-7H. The lowest BCUT2D eigenvalue weighted by molar-refractivity contribution is 0.609. The Kier molecular flexibility index (Phi) is 2.18. The third kappa shape index (κ3) is 1.69. The van der Waals surface area contributed by atoms with Crippen molar-refractivity contribution < 1.29 is 12.8 Å². The van der Waals surface area contributed by atoms with Gasteiger partial charge in [0.2, 0.25) is 0 Å². The van der Waals surface area contributed by atoms with Crippen molar-refractivity contribution in [2.45, 2.75) is 4.90 Å². The molecular formula is C12H7ClO3S. The maximum Gasteiger partial charge on any atom is 0.261 e. The van der Waals surface area contributed by atoms with Gasteiger partial charge in [-0.1, -0.05) is 18.2 Å². The summed E-state index contributed by atoms with van der Waals surface area (Å²) in [5.41, 5.74) is 1.38. The second-order valence-electron chi connectivity index (χ2n) is 3.69. The largest absolute Gasteiger partial charge is 0.456 e. The summed E-state index contributed by atoms with van der Waals surface area (Å²) < 4.78 is 28.1. The number of hydrogen-bond acceptors (Lipinski definition) is 3. The first-order chi connectivity index (χ1) is 8.05. The average Bonchev–Trinajstić information content (AvgIpc) is 2.65. The minimum Gasteiger partial charge on any atom is -0.456 e. The van der Waals surface area contributed by atoms with E-state index in [1.165, 1.54) is 12.1 Å². The summed E-state index contributed by atoms with van der Waals surface area (Å²) in [5, 5.41) is 1.63. The first-order valence-electron chi connectivity index (χ1n) is 4.92. The lowest BCUT2D eigenvalue weighted by Crippen LogP contribution is -1.88. The fraction of sp³-hybridized carbons (Fsp3) is 0. The van der Waals surface area contributed by atoms with Gasteiger partial charge in [-0.05, 0) is 24.3 Å². The summed E-state index contributed by atoms with van der Waals surface area (Å²) in [6, 6.07) is 12.0. The lowest BCUT2D eigenvalue weighted by atomic mass is 10.1. The molecule has 0 spiro atoms. The molecule has 0 radical (unpaired) electrons. The van der Waals surface area contributed by atoms with Crippen molar-refractivity contribution in [3.8, 4) is 0 Å². The van der Waals surface area contributed by atoms with Gasteiger partial charge in [0.25, 0.3) is 9.05 Å². The van der Waals surface area contributed by atoms with Crippen LogP contribution in [0.3, 0.4) is 0 Å². The van der Waals surface area contributed by atoms with E-state index < -0.39 is 9.05 Å². The van der Waals surface area contributed by atoms with E-state index >= 15 is 0 Å². The summed E-state index contributed by atoms with van der Waals surface area (Å²) in [6.07, 6.45) is 0. The van der Waals surface area contributed by atoms with Gasteiger partial charge in [0.1, 0.15) is 11.2 Å². The highest BCUT2D eigenvalue weighted by Crippen LogP contribution is 2.30. The number of fused-ring (bicyclic) bond motifs is 3. The molecule has 3 nitrogen and oxygen atoms in total. The van der Waals surface area contributed by atoms with Crippen LogP contribution in [0, 0.1) is 0 Å². The van der Waals surface area contributed by atoms with Crippen LogP contribution >= 0.6 is 10.7 Å². The number of rotatable bonds is 1. The SMILES string of the molecule is O=S(=O)(Cl)c1ccc2oc3ccccc3c2c1. The monoisotopic (exact) mass is 266 g/mol. The van der Waals surface area contributed by atoms with Crippen LogP contribution in [0.25, 0.3) is 21.9 Å². The molecule has 0 fully saturated rings. The Morgan fingerprint density at radius 3 is 2.41 bits per heavy atom. The predicted octanol–water partition coefficient (Wildman–Crippen LogP) is 3.51. The summed E-state index contributed by atoms with van der Waals surface area (Å²) >= 11 is 0. The molecule has 0 amide bonds. The molecule has 1 aromatic heterocycles. The van der Waals surface area contributed by atoms with Crippen molar-refractivity contribution in [2.24, 2.45) is 0 Å². The number of halogens is 1. The quantitative estimate of drug-likeness (QED) is 0.633. The second-order valence-corrected chi connectivity index (χ2v) is 6.26. The molecule has 0 aliphatic heterocycles. The molecule has 0 saturated carbocycles. The van der Waals surface area contributed by atoms with Crippen molar-refractivity contribution in [3.05, 3.63) is 42.5 Å². The molecular weight excluding hydrogens is 260 g/mol. The normalized spacial score (nSPS) is 12.3. The zero-order valence-electron chi connectivity index (χ0n) is 8.55. The molecule has 1 heterocycles. The van der Waals surface area contributed by atoms with Crippen LogP contribution in [0.4, 0.5) is 0 Å². The van der Waals surface area contributed by atoms with Crippen molar-refractivity contribution >= 4 is 41.7 Å². The Morgan fingerprint density at radius 1 is 0.941 bits per heavy atom. The van der Waals surface area contributed by atoms with Gasteiger partial charge in [-0.25, -0.2) is 8.42 Å². The minimum absolute atomic E-state index is 0.0817. The molecule has 2 aromatic carbocycles. The Morgan fingerprint density at radius 2 is 1.65 bits per heavy atom. The van der Waals surface area contributed by atoms with Crippen LogP contribution in [-0.4, -0.2) is 8.42 Å². The van der Waals surface area contributed by atoms with Crippen LogP contribution in [0.15, 0.2) is 51.8 Å². The van der Waals surface area contributed by atoms with Gasteiger partial charge in [-0.15, -0.1) is 0 Å². The van der Waals surface area contributed by atoms with Crippen molar-refractivity contribution in [2.75, 3.05) is 0 Å². The second kappa shape index (κ2) is 3.48. The smallest absolute Gasteiger partial charge is 0.261 e. The molecule has 0 saturated heterocycles. The van der Waals surface area contributed by atoms with E-state index in [2.05, 4.69) is 0 Å². The van der Waals surface area contributed by atoms with Gasteiger partial charge < -0.3 is 4.42 Å². The highest BCUT2D eigenvalue weighted by molar-refractivity contribution is 8.13. The predicted molar refractivity (Wildman–Crippen MR) is 66.8 cm³/mol. The van der Waals surface area contributed by atoms with Gasteiger partial charge in [-0.3, -0.25) is 0 Å². The van der Waals surface area contributed by atoms with Gasteiger partial charge in [-0.2, -0.15) is 0 Å². The Balaban J connectivity index is 2.46. The number of hydrogen-bond donors (Lipinski definition) is 0. The van der Waals surface area contributed by atoms with E-state index in [9.17, 15) is 8.42 Å². The molecule has 0 atom stereocenters. The lowest BCUT2D eigenvalue weighted by Gasteiger charge is -1.95. The number of benzene rings is 2. The van der Waals surface area contributed by atoms with E-state index in [-0.39, 0.29) is 4.90 Å². The molecule has 0 bridgehead atoms. The molecule has 86 valence electrons. The summed E-state index contributed by atoms with van der Waals surface area (Å²) in [4.78, 5) is 0.0817. The Bertz CT molecular complexity index is 818. The van der Waals surface area contributed by atoms with Gasteiger partial charge in [0.15, 0.2) is 0 Å². The van der Waals surface area contributed by atoms with Gasteiger partial charge in [0, 0.05) is 21.5 Å². The fourth-order valence-electron chi connectivity index (χ4n) is 1.86. The van der Waals surface area contributed by atoms with Crippen LogP contribution < -0.4 is 0 Å². The summed E-state index contributed by atoms with van der Waals surface area (Å²) in [5.74, 6) is 0. The van der Waals surface area contributed by atoms with Crippen molar-refractivity contribution in [1.82, 2.24) is 0 Å². The third-order valence-electron chi connectivity index (χ3n) is 2.63. The molecule has 3 rings (SSSR count). The first-order valence-corrected chi connectivity index (χ1v) is 7.22.